The highest BCUT2D eigenvalue weighted by atomic mass is 16.5. The molecule has 23 heavy (non-hydrogen) atoms. The van der Waals surface area contributed by atoms with Gasteiger partial charge in [-0.1, -0.05) is 42.5 Å². The van der Waals surface area contributed by atoms with Crippen LogP contribution in [0.25, 0.3) is 11.3 Å². The van der Waals surface area contributed by atoms with Crippen LogP contribution in [-0.4, -0.2) is 21.3 Å². The number of carboxylic acid groups (broad SMARTS) is 1. The number of aryl methyl sites for hydroxylation is 1. The first-order valence-electron chi connectivity index (χ1n) is 7.20. The molecule has 3 rings (SSSR count). The zero-order valence-corrected chi connectivity index (χ0v) is 12.6. The molecular weight excluding hydrogens is 292 g/mol. The highest BCUT2D eigenvalue weighted by Gasteiger charge is 2.23. The highest BCUT2D eigenvalue weighted by Crippen LogP contribution is 2.33. The van der Waals surface area contributed by atoms with E-state index in [1.165, 1.54) is 0 Å². The molecule has 0 bridgehead atoms. The van der Waals surface area contributed by atoms with Gasteiger partial charge in [0.25, 0.3) is 0 Å². The molecule has 1 atom stereocenters. The molecule has 1 unspecified atom stereocenters. The molecule has 0 saturated heterocycles. The fourth-order valence-corrected chi connectivity index (χ4v) is 2.41. The predicted octanol–water partition coefficient (Wildman–Crippen LogP) is 3.59. The molecule has 0 amide bonds. The van der Waals surface area contributed by atoms with Gasteiger partial charge in [0.05, 0.1) is 11.9 Å². The van der Waals surface area contributed by atoms with E-state index in [-0.39, 0.29) is 0 Å². The lowest BCUT2D eigenvalue weighted by molar-refractivity contribution is -0.145. The van der Waals surface area contributed by atoms with Crippen LogP contribution >= 0.6 is 0 Å². The first-order chi connectivity index (χ1) is 11.2. The molecular formula is C18H16N2O3. The van der Waals surface area contributed by atoms with E-state index in [0.29, 0.717) is 11.3 Å². The Hall–Kier alpha value is -3.08. The van der Waals surface area contributed by atoms with E-state index in [0.717, 1.165) is 16.8 Å². The van der Waals surface area contributed by atoms with E-state index in [1.54, 1.807) is 36.5 Å². The Kier molecular flexibility index (Phi) is 4.10. The molecule has 5 nitrogen and oxygen atoms in total. The summed E-state index contributed by atoms with van der Waals surface area (Å²) in [5.74, 6) is -0.538. The average molecular weight is 308 g/mol. The van der Waals surface area contributed by atoms with Crippen LogP contribution in [0.4, 0.5) is 0 Å². The number of carboxylic acids is 1. The maximum absolute atomic E-state index is 11.6. The van der Waals surface area contributed by atoms with Crippen LogP contribution in [0.1, 0.15) is 17.2 Å². The minimum atomic E-state index is -1.07. The Bertz CT molecular complexity index is 812. The number of hydrogen-bond acceptors (Lipinski definition) is 3. The summed E-state index contributed by atoms with van der Waals surface area (Å²) in [6, 6.07) is 16.2. The largest absolute Gasteiger partial charge is 0.478 e. The summed E-state index contributed by atoms with van der Waals surface area (Å²) in [4.78, 5) is 11.6. The molecule has 0 aliphatic heterocycles. The smallest absolute Gasteiger partial charge is 0.349 e. The second-order valence-corrected chi connectivity index (χ2v) is 5.17. The highest BCUT2D eigenvalue weighted by molar-refractivity contribution is 5.76. The minimum absolute atomic E-state index is 0.496. The van der Waals surface area contributed by atoms with Crippen molar-refractivity contribution in [1.82, 2.24) is 10.2 Å². The van der Waals surface area contributed by atoms with Gasteiger partial charge in [-0.2, -0.15) is 5.10 Å². The van der Waals surface area contributed by atoms with Crippen LogP contribution < -0.4 is 4.74 Å². The van der Waals surface area contributed by atoms with Crippen LogP contribution in [0, 0.1) is 6.92 Å². The van der Waals surface area contributed by atoms with Crippen molar-refractivity contribution in [2.45, 2.75) is 13.0 Å². The summed E-state index contributed by atoms with van der Waals surface area (Å²) in [5, 5.41) is 16.5. The topological polar surface area (TPSA) is 75.2 Å². The molecule has 0 saturated carbocycles. The second-order valence-electron chi connectivity index (χ2n) is 5.17. The van der Waals surface area contributed by atoms with Crippen LogP contribution in [0.2, 0.25) is 0 Å². The molecule has 0 aliphatic carbocycles. The third kappa shape index (κ3) is 3.08. The number of H-pyrrole nitrogens is 1. The minimum Gasteiger partial charge on any atom is -0.478 e. The standard InChI is InChI=1S/C18H16N2O3/c1-12-11-19-20-16(12)14-9-5-6-10-15(14)23-17(18(21)22)13-7-3-2-4-8-13/h2-11,17H,1H3,(H,19,20)(H,21,22). The summed E-state index contributed by atoms with van der Waals surface area (Å²) < 4.78 is 5.82. The predicted molar refractivity (Wildman–Crippen MR) is 86.2 cm³/mol. The first-order valence-corrected chi connectivity index (χ1v) is 7.20. The Morgan fingerprint density at radius 3 is 2.48 bits per heavy atom. The number of aliphatic carboxylic acids is 1. The Morgan fingerprint density at radius 2 is 1.83 bits per heavy atom. The average Bonchev–Trinajstić information content (AvgIpc) is 2.99. The van der Waals surface area contributed by atoms with Gasteiger partial charge in [0, 0.05) is 11.1 Å². The maximum Gasteiger partial charge on any atom is 0.349 e. The zero-order valence-electron chi connectivity index (χ0n) is 12.6. The number of hydrogen-bond donors (Lipinski definition) is 2. The molecule has 3 aromatic rings. The van der Waals surface area contributed by atoms with Gasteiger partial charge in [-0.25, -0.2) is 4.79 Å². The quantitative estimate of drug-likeness (QED) is 0.755. The molecule has 1 aromatic heterocycles. The summed E-state index contributed by atoms with van der Waals surface area (Å²) in [6.45, 7) is 1.93. The van der Waals surface area contributed by atoms with E-state index < -0.39 is 12.1 Å². The number of ether oxygens (including phenoxy) is 1. The molecule has 2 N–H and O–H groups in total. The fraction of sp³-hybridized carbons (Fsp3) is 0.111. The number of rotatable bonds is 5. The fourth-order valence-electron chi connectivity index (χ4n) is 2.41. The Labute approximate surface area is 133 Å². The van der Waals surface area contributed by atoms with Crippen LogP contribution in [0.5, 0.6) is 5.75 Å². The van der Waals surface area contributed by atoms with Crippen LogP contribution in [-0.2, 0) is 4.79 Å². The molecule has 1 heterocycles. The molecule has 0 fully saturated rings. The zero-order chi connectivity index (χ0) is 16.2. The van der Waals surface area contributed by atoms with Gasteiger partial charge < -0.3 is 9.84 Å². The molecule has 5 heteroatoms. The lowest BCUT2D eigenvalue weighted by atomic mass is 10.1. The van der Waals surface area contributed by atoms with Crippen LogP contribution in [0.3, 0.4) is 0 Å². The van der Waals surface area contributed by atoms with Crippen LogP contribution in [0.15, 0.2) is 60.8 Å². The third-order valence-corrected chi connectivity index (χ3v) is 3.56. The van der Waals surface area contributed by atoms with E-state index in [1.807, 2.05) is 31.2 Å². The first kappa shape index (κ1) is 14.8. The van der Waals surface area contributed by atoms with E-state index in [4.69, 9.17) is 4.74 Å². The molecule has 0 radical (unpaired) electrons. The van der Waals surface area contributed by atoms with Crippen molar-refractivity contribution in [3.8, 4) is 17.0 Å². The second kappa shape index (κ2) is 6.36. The molecule has 0 spiro atoms. The number of nitrogens with one attached hydrogen (secondary N) is 1. The van der Waals surface area contributed by atoms with Crippen molar-refractivity contribution in [1.29, 1.82) is 0 Å². The van der Waals surface area contributed by atoms with E-state index >= 15 is 0 Å². The summed E-state index contributed by atoms with van der Waals surface area (Å²) in [6.07, 6.45) is 0.651. The summed E-state index contributed by atoms with van der Waals surface area (Å²) in [5.41, 5.74) is 3.16. The van der Waals surface area contributed by atoms with Crippen molar-refractivity contribution in [3.63, 3.8) is 0 Å². The summed E-state index contributed by atoms with van der Waals surface area (Å²) in [7, 11) is 0. The van der Waals surface area contributed by atoms with Crippen molar-refractivity contribution in [3.05, 3.63) is 71.9 Å². The molecule has 2 aromatic carbocycles. The number of aromatic amines is 1. The van der Waals surface area contributed by atoms with Crippen molar-refractivity contribution in [2.75, 3.05) is 0 Å². The van der Waals surface area contributed by atoms with E-state index in [9.17, 15) is 9.90 Å². The SMILES string of the molecule is Cc1cn[nH]c1-c1ccccc1OC(C(=O)O)c1ccccc1. The number of benzene rings is 2. The van der Waals surface area contributed by atoms with Gasteiger partial charge in [0.1, 0.15) is 5.75 Å². The Balaban J connectivity index is 1.99. The van der Waals surface area contributed by atoms with Gasteiger partial charge in [-0.3, -0.25) is 5.10 Å². The monoisotopic (exact) mass is 308 g/mol. The van der Waals surface area contributed by atoms with Gasteiger partial charge in [0.2, 0.25) is 6.10 Å². The van der Waals surface area contributed by atoms with Gasteiger partial charge >= 0.3 is 5.97 Å². The molecule has 0 aliphatic rings. The van der Waals surface area contributed by atoms with Gasteiger partial charge in [-0.05, 0) is 24.6 Å². The van der Waals surface area contributed by atoms with Crippen molar-refractivity contribution in [2.24, 2.45) is 0 Å². The lowest BCUT2D eigenvalue weighted by Crippen LogP contribution is -2.18. The molecule has 116 valence electrons. The van der Waals surface area contributed by atoms with Crippen molar-refractivity contribution >= 4 is 5.97 Å². The number of para-hydroxylation sites is 1. The Morgan fingerprint density at radius 1 is 1.13 bits per heavy atom. The number of nitrogens with zero attached hydrogens (tertiary/aromatic N) is 1. The summed E-state index contributed by atoms with van der Waals surface area (Å²) >= 11 is 0. The normalized spacial score (nSPS) is 11.9. The van der Waals surface area contributed by atoms with Gasteiger partial charge in [0.15, 0.2) is 0 Å². The third-order valence-electron chi connectivity index (χ3n) is 3.56. The lowest BCUT2D eigenvalue weighted by Gasteiger charge is -2.18. The number of carbonyl (C=O) groups is 1. The van der Waals surface area contributed by atoms with Crippen molar-refractivity contribution < 1.29 is 14.6 Å². The number of aromatic nitrogens is 2. The van der Waals surface area contributed by atoms with E-state index in [2.05, 4.69) is 10.2 Å². The maximum atomic E-state index is 11.6. The van der Waals surface area contributed by atoms with Gasteiger partial charge in [-0.15, -0.1) is 0 Å².